The molecule has 1 aromatic carbocycles. The second kappa shape index (κ2) is 6.31. The van der Waals surface area contributed by atoms with Crippen molar-refractivity contribution in [3.05, 3.63) is 34.9 Å². The van der Waals surface area contributed by atoms with E-state index in [0.29, 0.717) is 17.6 Å². The highest BCUT2D eigenvalue weighted by Gasteiger charge is 2.22. The smallest absolute Gasteiger partial charge is 0.176 e. The second-order valence-electron chi connectivity index (χ2n) is 5.90. The van der Waals surface area contributed by atoms with E-state index in [2.05, 4.69) is 35.7 Å². The fraction of sp³-hybridized carbons (Fsp3) is 0.588. The summed E-state index contributed by atoms with van der Waals surface area (Å²) in [7, 11) is 0. The van der Waals surface area contributed by atoms with E-state index >= 15 is 0 Å². The van der Waals surface area contributed by atoms with E-state index in [4.69, 9.17) is 0 Å². The Labute approximate surface area is 125 Å². The zero-order chi connectivity index (χ0) is 13.9. The van der Waals surface area contributed by atoms with Crippen molar-refractivity contribution in [1.82, 2.24) is 4.90 Å². The second-order valence-corrected chi connectivity index (χ2v) is 7.30. The molecular formula is C17H23NOS. The highest BCUT2D eigenvalue weighted by atomic mass is 32.2. The molecule has 1 heterocycles. The predicted octanol–water partition coefficient (Wildman–Crippen LogP) is 3.19. The highest BCUT2D eigenvalue weighted by molar-refractivity contribution is 8.00. The normalized spacial score (nSPS) is 22.8. The minimum Gasteiger partial charge on any atom is -0.294 e. The van der Waals surface area contributed by atoms with Crippen LogP contribution >= 0.6 is 11.8 Å². The molecule has 1 saturated heterocycles. The van der Waals surface area contributed by atoms with E-state index in [1.165, 1.54) is 30.4 Å². The molecule has 0 N–H and O–H groups in total. The molecule has 1 aliphatic heterocycles. The number of aryl methyl sites for hydroxylation is 2. The number of Topliss-reactive ketones (excluding diaryl/α,β-unsaturated/α-hetero) is 1. The molecule has 0 saturated carbocycles. The molecule has 3 heteroatoms. The van der Waals surface area contributed by atoms with Crippen LogP contribution in [0.3, 0.4) is 0 Å². The van der Waals surface area contributed by atoms with Crippen LogP contribution in [0.15, 0.2) is 18.2 Å². The number of nitrogens with zero attached hydrogens (tertiary/aromatic N) is 1. The lowest BCUT2D eigenvalue weighted by atomic mass is 10.0. The maximum atomic E-state index is 12.5. The summed E-state index contributed by atoms with van der Waals surface area (Å²) in [6.45, 7) is 4.95. The molecule has 1 aliphatic carbocycles. The molecule has 1 fully saturated rings. The average molecular weight is 289 g/mol. The molecule has 1 atom stereocenters. The molecule has 2 aliphatic rings. The van der Waals surface area contributed by atoms with Gasteiger partial charge in [-0.15, -0.1) is 0 Å². The van der Waals surface area contributed by atoms with E-state index in [1.807, 2.05) is 6.07 Å². The van der Waals surface area contributed by atoms with Crippen molar-refractivity contribution in [1.29, 1.82) is 0 Å². The van der Waals surface area contributed by atoms with Crippen molar-refractivity contribution >= 4 is 17.5 Å². The number of carbonyl (C=O) groups excluding carboxylic acids is 1. The predicted molar refractivity (Wildman–Crippen MR) is 85.8 cm³/mol. The van der Waals surface area contributed by atoms with Crippen LogP contribution in [0.5, 0.6) is 0 Å². The number of rotatable bonds is 4. The third kappa shape index (κ3) is 3.09. The molecular weight excluding hydrogens is 266 g/mol. The van der Waals surface area contributed by atoms with Gasteiger partial charge in [-0.2, -0.15) is 11.8 Å². The van der Waals surface area contributed by atoms with Gasteiger partial charge in [-0.1, -0.05) is 19.1 Å². The van der Waals surface area contributed by atoms with Crippen LogP contribution in [0, 0.1) is 0 Å². The molecule has 0 bridgehead atoms. The van der Waals surface area contributed by atoms with E-state index in [1.54, 1.807) is 0 Å². The molecule has 108 valence electrons. The third-order valence-corrected chi connectivity index (χ3v) is 5.84. The molecule has 3 rings (SSSR count). The number of carbonyl (C=O) groups is 1. The molecule has 0 amide bonds. The Morgan fingerprint density at radius 3 is 3.05 bits per heavy atom. The maximum absolute atomic E-state index is 12.5. The van der Waals surface area contributed by atoms with Gasteiger partial charge >= 0.3 is 0 Å². The molecule has 1 aromatic rings. The van der Waals surface area contributed by atoms with Gasteiger partial charge in [0, 0.05) is 29.7 Å². The summed E-state index contributed by atoms with van der Waals surface area (Å²) in [5.74, 6) is 1.46. The SMILES string of the molecule is CCC1CN(CC(=O)c2ccc3c(c2)CCC3)CCS1. The summed E-state index contributed by atoms with van der Waals surface area (Å²) in [5, 5.41) is 0.705. The zero-order valence-corrected chi connectivity index (χ0v) is 13.0. The molecule has 20 heavy (non-hydrogen) atoms. The molecule has 1 unspecified atom stereocenters. The Morgan fingerprint density at radius 2 is 2.20 bits per heavy atom. The van der Waals surface area contributed by atoms with Crippen LogP contribution < -0.4 is 0 Å². The first-order valence-corrected chi connectivity index (χ1v) is 8.80. The summed E-state index contributed by atoms with van der Waals surface area (Å²) >= 11 is 2.05. The fourth-order valence-electron chi connectivity index (χ4n) is 3.21. The van der Waals surface area contributed by atoms with Gasteiger partial charge in [0.15, 0.2) is 5.78 Å². The van der Waals surface area contributed by atoms with Gasteiger partial charge in [0.05, 0.1) is 6.54 Å². The lowest BCUT2D eigenvalue weighted by Gasteiger charge is -2.31. The van der Waals surface area contributed by atoms with Gasteiger partial charge in [0.2, 0.25) is 0 Å². The summed E-state index contributed by atoms with van der Waals surface area (Å²) in [4.78, 5) is 14.8. The Morgan fingerprint density at radius 1 is 1.35 bits per heavy atom. The summed E-state index contributed by atoms with van der Waals surface area (Å²) in [5.41, 5.74) is 3.76. The number of hydrogen-bond donors (Lipinski definition) is 0. The summed E-state index contributed by atoms with van der Waals surface area (Å²) in [6, 6.07) is 6.33. The zero-order valence-electron chi connectivity index (χ0n) is 12.2. The summed E-state index contributed by atoms with van der Waals surface area (Å²) in [6.07, 6.45) is 4.78. The molecule has 2 nitrogen and oxygen atoms in total. The average Bonchev–Trinajstić information content (AvgIpc) is 2.94. The van der Waals surface area contributed by atoms with Crippen LogP contribution in [0.2, 0.25) is 0 Å². The van der Waals surface area contributed by atoms with E-state index < -0.39 is 0 Å². The van der Waals surface area contributed by atoms with Crippen LogP contribution in [0.25, 0.3) is 0 Å². The van der Waals surface area contributed by atoms with E-state index in [-0.39, 0.29) is 0 Å². The first-order valence-electron chi connectivity index (χ1n) is 7.75. The van der Waals surface area contributed by atoms with E-state index in [9.17, 15) is 4.79 Å². The molecule has 0 spiro atoms. The van der Waals surface area contributed by atoms with Crippen molar-refractivity contribution < 1.29 is 4.79 Å². The minimum absolute atomic E-state index is 0.293. The lowest BCUT2D eigenvalue weighted by molar-refractivity contribution is 0.0932. The van der Waals surface area contributed by atoms with Crippen LogP contribution in [0.4, 0.5) is 0 Å². The first kappa shape index (κ1) is 14.2. The molecule has 0 radical (unpaired) electrons. The number of fused-ring (bicyclic) bond motifs is 1. The Balaban J connectivity index is 1.64. The van der Waals surface area contributed by atoms with Gasteiger partial charge in [0.25, 0.3) is 0 Å². The third-order valence-electron chi connectivity index (χ3n) is 4.47. The maximum Gasteiger partial charge on any atom is 0.176 e. The number of hydrogen-bond acceptors (Lipinski definition) is 3. The van der Waals surface area contributed by atoms with E-state index in [0.717, 1.165) is 30.8 Å². The van der Waals surface area contributed by atoms with Gasteiger partial charge in [0.1, 0.15) is 0 Å². The van der Waals surface area contributed by atoms with Crippen molar-refractivity contribution in [3.8, 4) is 0 Å². The van der Waals surface area contributed by atoms with Gasteiger partial charge in [-0.3, -0.25) is 9.69 Å². The monoisotopic (exact) mass is 289 g/mol. The first-order chi connectivity index (χ1) is 9.76. The molecule has 0 aromatic heterocycles. The minimum atomic E-state index is 0.293. The number of thioether (sulfide) groups is 1. The quantitative estimate of drug-likeness (QED) is 0.794. The largest absolute Gasteiger partial charge is 0.294 e. The summed E-state index contributed by atoms with van der Waals surface area (Å²) < 4.78 is 0. The van der Waals surface area contributed by atoms with Crippen molar-refractivity contribution in [2.75, 3.05) is 25.4 Å². The lowest BCUT2D eigenvalue weighted by Crippen LogP contribution is -2.40. The van der Waals surface area contributed by atoms with Crippen LogP contribution in [0.1, 0.15) is 41.3 Å². The standard InChI is InChI=1S/C17H23NOS/c1-2-16-11-18(8-9-20-16)12-17(19)15-7-6-13-4-3-5-14(13)10-15/h6-7,10,16H,2-5,8-9,11-12H2,1H3. The van der Waals surface area contributed by atoms with Crippen molar-refractivity contribution in [2.45, 2.75) is 37.9 Å². The highest BCUT2D eigenvalue weighted by Crippen LogP contribution is 2.24. The Kier molecular flexibility index (Phi) is 4.47. The van der Waals surface area contributed by atoms with Crippen LogP contribution in [-0.4, -0.2) is 41.3 Å². The van der Waals surface area contributed by atoms with Gasteiger partial charge in [-0.05, 0) is 42.9 Å². The Bertz CT molecular complexity index is 500. The van der Waals surface area contributed by atoms with Gasteiger partial charge in [-0.25, -0.2) is 0 Å². The number of ketones is 1. The van der Waals surface area contributed by atoms with Crippen molar-refractivity contribution in [3.63, 3.8) is 0 Å². The van der Waals surface area contributed by atoms with Crippen LogP contribution in [-0.2, 0) is 12.8 Å². The Hall–Kier alpha value is -0.800. The fourth-order valence-corrected chi connectivity index (χ4v) is 4.46. The number of benzene rings is 1. The van der Waals surface area contributed by atoms with Crippen molar-refractivity contribution in [2.24, 2.45) is 0 Å². The topological polar surface area (TPSA) is 20.3 Å². The van der Waals surface area contributed by atoms with Gasteiger partial charge < -0.3 is 0 Å².